The van der Waals surface area contributed by atoms with E-state index in [2.05, 4.69) is 4.74 Å². The fourth-order valence-electron chi connectivity index (χ4n) is 1.88. The number of fused-ring (bicyclic) bond motifs is 1. The molecule has 0 aliphatic rings. The lowest BCUT2D eigenvalue weighted by atomic mass is 10.0. The van der Waals surface area contributed by atoms with Crippen molar-refractivity contribution in [2.45, 2.75) is 12.8 Å². The fraction of sp³-hybridized carbons (Fsp3) is 0.231. The highest BCUT2D eigenvalue weighted by atomic mass is 16.5. The van der Waals surface area contributed by atoms with Crippen molar-refractivity contribution in [2.75, 3.05) is 7.11 Å². The smallest absolute Gasteiger partial charge is 0.336 e. The number of phenols is 2. The predicted octanol–water partition coefficient (Wildman–Crippen LogP) is 1.31. The molecule has 0 saturated carbocycles. The maximum atomic E-state index is 11.4. The summed E-state index contributed by atoms with van der Waals surface area (Å²) in [6.07, 6.45) is 0.308. The van der Waals surface area contributed by atoms with Crippen LogP contribution in [-0.4, -0.2) is 23.3 Å². The Morgan fingerprint density at radius 1 is 1.32 bits per heavy atom. The van der Waals surface area contributed by atoms with Gasteiger partial charge in [-0.3, -0.25) is 4.79 Å². The van der Waals surface area contributed by atoms with Gasteiger partial charge < -0.3 is 19.4 Å². The van der Waals surface area contributed by atoms with Crippen molar-refractivity contribution in [1.29, 1.82) is 0 Å². The van der Waals surface area contributed by atoms with Crippen LogP contribution in [0.1, 0.15) is 12.0 Å². The number of carbonyl (C=O) groups excluding carboxylic acids is 1. The van der Waals surface area contributed by atoms with Crippen LogP contribution in [-0.2, 0) is 16.0 Å². The first kappa shape index (κ1) is 12.9. The third kappa shape index (κ3) is 2.67. The molecular weight excluding hydrogens is 252 g/mol. The molecule has 19 heavy (non-hydrogen) atoms. The topological polar surface area (TPSA) is 97.0 Å². The van der Waals surface area contributed by atoms with Crippen LogP contribution in [0.25, 0.3) is 11.0 Å². The van der Waals surface area contributed by atoms with E-state index in [0.717, 1.165) is 6.07 Å². The number of phenolic OH excluding ortho intramolecular Hbond substituents is 2. The number of rotatable bonds is 3. The summed E-state index contributed by atoms with van der Waals surface area (Å²) >= 11 is 0. The molecule has 0 bridgehead atoms. The largest absolute Gasteiger partial charge is 0.508 e. The number of carbonyl (C=O) groups is 1. The highest BCUT2D eigenvalue weighted by Crippen LogP contribution is 2.31. The Labute approximate surface area is 107 Å². The minimum atomic E-state index is -0.614. The second-order valence-corrected chi connectivity index (χ2v) is 4.00. The van der Waals surface area contributed by atoms with Crippen LogP contribution in [0.15, 0.2) is 27.4 Å². The van der Waals surface area contributed by atoms with Crippen LogP contribution in [0.4, 0.5) is 0 Å². The van der Waals surface area contributed by atoms with Gasteiger partial charge in [0.1, 0.15) is 17.1 Å². The van der Waals surface area contributed by atoms with Crippen molar-refractivity contribution in [3.05, 3.63) is 34.2 Å². The first-order chi connectivity index (χ1) is 9.01. The molecule has 6 nitrogen and oxygen atoms in total. The molecule has 1 heterocycles. The second kappa shape index (κ2) is 5.01. The zero-order valence-corrected chi connectivity index (χ0v) is 10.2. The van der Waals surface area contributed by atoms with Gasteiger partial charge in [-0.1, -0.05) is 0 Å². The molecule has 0 saturated heterocycles. The zero-order valence-electron chi connectivity index (χ0n) is 10.2. The van der Waals surface area contributed by atoms with Gasteiger partial charge in [-0.15, -0.1) is 0 Å². The molecule has 0 atom stereocenters. The van der Waals surface area contributed by atoms with Gasteiger partial charge in [0.05, 0.1) is 12.5 Å². The standard InChI is InChI=1S/C13H12O6/c1-18-11(16)3-2-7-4-12(17)19-10-6-8(14)5-9(15)13(7)10/h4-6,14-15H,2-3H2,1H3. The lowest BCUT2D eigenvalue weighted by Crippen LogP contribution is -2.05. The Kier molecular flexibility index (Phi) is 3.41. The summed E-state index contributed by atoms with van der Waals surface area (Å²) in [6.45, 7) is 0. The number of aromatic hydroxyl groups is 2. The lowest BCUT2D eigenvalue weighted by Gasteiger charge is -2.07. The fourth-order valence-corrected chi connectivity index (χ4v) is 1.88. The molecule has 0 amide bonds. The highest BCUT2D eigenvalue weighted by Gasteiger charge is 2.13. The van der Waals surface area contributed by atoms with E-state index in [1.807, 2.05) is 0 Å². The molecule has 6 heteroatoms. The molecular formula is C13H12O6. The molecule has 1 aromatic carbocycles. The third-order valence-corrected chi connectivity index (χ3v) is 2.72. The van der Waals surface area contributed by atoms with Gasteiger partial charge >= 0.3 is 11.6 Å². The van der Waals surface area contributed by atoms with E-state index in [1.165, 1.54) is 19.2 Å². The van der Waals surface area contributed by atoms with E-state index >= 15 is 0 Å². The number of aryl methyl sites for hydroxylation is 1. The minimum absolute atomic E-state index is 0.0739. The van der Waals surface area contributed by atoms with Gasteiger partial charge in [0, 0.05) is 24.6 Å². The summed E-state index contributed by atoms with van der Waals surface area (Å²) in [5, 5.41) is 19.5. The third-order valence-electron chi connectivity index (χ3n) is 2.72. The normalized spacial score (nSPS) is 10.6. The van der Waals surface area contributed by atoms with Crippen molar-refractivity contribution in [1.82, 2.24) is 0 Å². The van der Waals surface area contributed by atoms with E-state index in [9.17, 15) is 19.8 Å². The van der Waals surface area contributed by atoms with Gasteiger partial charge in [-0.05, 0) is 12.0 Å². The SMILES string of the molecule is COC(=O)CCc1cc(=O)oc2cc(O)cc(O)c12. The first-order valence-corrected chi connectivity index (χ1v) is 5.57. The van der Waals surface area contributed by atoms with E-state index in [4.69, 9.17) is 4.42 Å². The molecule has 0 aliphatic carbocycles. The maximum absolute atomic E-state index is 11.4. The molecule has 1 aromatic heterocycles. The van der Waals surface area contributed by atoms with E-state index in [0.29, 0.717) is 10.9 Å². The lowest BCUT2D eigenvalue weighted by molar-refractivity contribution is -0.140. The monoisotopic (exact) mass is 264 g/mol. The summed E-state index contributed by atoms with van der Waals surface area (Å²) in [5.74, 6) is -0.837. The van der Waals surface area contributed by atoms with Crippen molar-refractivity contribution < 1.29 is 24.2 Å². The maximum Gasteiger partial charge on any atom is 0.336 e. The second-order valence-electron chi connectivity index (χ2n) is 4.00. The van der Waals surface area contributed by atoms with Gasteiger partial charge in [-0.25, -0.2) is 4.79 Å². The quantitative estimate of drug-likeness (QED) is 0.640. The molecule has 2 N–H and O–H groups in total. The number of methoxy groups -OCH3 is 1. The van der Waals surface area contributed by atoms with Crippen LogP contribution in [0.3, 0.4) is 0 Å². The van der Waals surface area contributed by atoms with Crippen LogP contribution in [0.2, 0.25) is 0 Å². The van der Waals surface area contributed by atoms with Gasteiger partial charge in [-0.2, -0.15) is 0 Å². The molecule has 0 radical (unpaired) electrons. The summed E-state index contributed by atoms with van der Waals surface area (Å²) in [4.78, 5) is 22.5. The summed E-state index contributed by atoms with van der Waals surface area (Å²) in [6, 6.07) is 3.59. The van der Waals surface area contributed by atoms with Gasteiger partial charge in [0.15, 0.2) is 0 Å². The molecule has 0 fully saturated rings. The van der Waals surface area contributed by atoms with Crippen LogP contribution < -0.4 is 5.63 Å². The Bertz CT molecular complexity index is 685. The number of benzene rings is 1. The van der Waals surface area contributed by atoms with E-state index in [-0.39, 0.29) is 29.9 Å². The molecule has 0 spiro atoms. The number of esters is 1. The van der Waals surface area contributed by atoms with Crippen molar-refractivity contribution in [3.63, 3.8) is 0 Å². The van der Waals surface area contributed by atoms with Gasteiger partial charge in [0.2, 0.25) is 0 Å². The van der Waals surface area contributed by atoms with Crippen molar-refractivity contribution >= 4 is 16.9 Å². The number of ether oxygens (including phenoxy) is 1. The molecule has 0 aliphatic heterocycles. The Hall–Kier alpha value is -2.50. The average Bonchev–Trinajstić information content (AvgIpc) is 2.34. The first-order valence-electron chi connectivity index (χ1n) is 5.57. The summed E-state index contributed by atoms with van der Waals surface area (Å²) in [5.41, 5.74) is -0.0728. The summed E-state index contributed by atoms with van der Waals surface area (Å²) < 4.78 is 9.43. The van der Waals surface area contributed by atoms with E-state index in [1.54, 1.807) is 0 Å². The molecule has 100 valence electrons. The van der Waals surface area contributed by atoms with Crippen molar-refractivity contribution in [2.24, 2.45) is 0 Å². The van der Waals surface area contributed by atoms with E-state index < -0.39 is 11.6 Å². The number of hydrogen-bond donors (Lipinski definition) is 2. The Morgan fingerprint density at radius 2 is 2.05 bits per heavy atom. The predicted molar refractivity (Wildman–Crippen MR) is 66.2 cm³/mol. The molecule has 2 rings (SSSR count). The molecule has 0 unspecified atom stereocenters. The van der Waals surface area contributed by atoms with Gasteiger partial charge in [0.25, 0.3) is 0 Å². The number of hydrogen-bond acceptors (Lipinski definition) is 6. The van der Waals surface area contributed by atoms with Crippen LogP contribution >= 0.6 is 0 Å². The molecule has 2 aromatic rings. The Morgan fingerprint density at radius 3 is 2.74 bits per heavy atom. The van der Waals surface area contributed by atoms with Crippen LogP contribution in [0.5, 0.6) is 11.5 Å². The summed E-state index contributed by atoms with van der Waals surface area (Å²) in [7, 11) is 1.27. The van der Waals surface area contributed by atoms with Crippen molar-refractivity contribution in [3.8, 4) is 11.5 Å². The van der Waals surface area contributed by atoms with Crippen LogP contribution in [0, 0.1) is 0 Å². The zero-order chi connectivity index (χ0) is 14.0. The highest BCUT2D eigenvalue weighted by molar-refractivity contribution is 5.88. The minimum Gasteiger partial charge on any atom is -0.508 e. The Balaban J connectivity index is 2.53. The average molecular weight is 264 g/mol.